The zero-order valence-corrected chi connectivity index (χ0v) is 18.3. The fourth-order valence-corrected chi connectivity index (χ4v) is 4.80. The van der Waals surface area contributed by atoms with E-state index in [9.17, 15) is 4.39 Å². The molecule has 1 aliphatic heterocycles. The van der Waals surface area contributed by atoms with Crippen molar-refractivity contribution in [1.82, 2.24) is 19.3 Å². The predicted molar refractivity (Wildman–Crippen MR) is 119 cm³/mol. The van der Waals surface area contributed by atoms with Crippen LogP contribution in [0, 0.1) is 18.6 Å². The summed E-state index contributed by atoms with van der Waals surface area (Å²) in [7, 11) is 0. The van der Waals surface area contributed by atoms with Gasteiger partial charge in [-0.05, 0) is 75.1 Å². The zero-order chi connectivity index (χ0) is 22.1. The predicted octanol–water partition coefficient (Wildman–Crippen LogP) is 5.72. The molecule has 31 heavy (non-hydrogen) atoms. The highest BCUT2D eigenvalue weighted by atomic mass is 19.1. The number of anilines is 1. The van der Waals surface area contributed by atoms with Crippen LogP contribution >= 0.6 is 0 Å². The molecule has 5 rings (SSSR count). The number of nitrogens with zero attached hydrogens (tertiary/aromatic N) is 4. The number of hydrogen-bond donors (Lipinski definition) is 1. The Labute approximate surface area is 179 Å². The summed E-state index contributed by atoms with van der Waals surface area (Å²) < 4.78 is 34.2. The molecule has 0 saturated heterocycles. The number of benzene rings is 2. The Morgan fingerprint density at radius 3 is 2.55 bits per heavy atom. The Bertz CT molecular complexity index is 1350. The van der Waals surface area contributed by atoms with E-state index in [0.29, 0.717) is 34.7 Å². The molecule has 5 nitrogen and oxygen atoms in total. The van der Waals surface area contributed by atoms with Gasteiger partial charge >= 0.3 is 0 Å². The van der Waals surface area contributed by atoms with Crippen LogP contribution < -0.4 is 5.32 Å². The average molecular weight is 421 g/mol. The maximum absolute atomic E-state index is 15.6. The molecular weight excluding hydrogens is 396 g/mol. The normalized spacial score (nSPS) is 14.4. The summed E-state index contributed by atoms with van der Waals surface area (Å²) in [6, 6.07) is 6.54. The van der Waals surface area contributed by atoms with Crippen molar-refractivity contribution in [2.24, 2.45) is 0 Å². The number of aryl methyl sites for hydroxylation is 2. The van der Waals surface area contributed by atoms with Crippen molar-refractivity contribution in [2.45, 2.75) is 53.1 Å². The number of aromatic nitrogens is 4. The molecule has 1 N–H and O–H groups in total. The van der Waals surface area contributed by atoms with E-state index < -0.39 is 5.54 Å². The molecule has 2 aromatic carbocycles. The Hall–Kier alpha value is -3.22. The lowest BCUT2D eigenvalue weighted by Gasteiger charge is -2.35. The van der Waals surface area contributed by atoms with E-state index in [4.69, 9.17) is 0 Å². The van der Waals surface area contributed by atoms with E-state index in [2.05, 4.69) is 15.5 Å². The van der Waals surface area contributed by atoms with E-state index in [0.717, 1.165) is 28.8 Å². The molecule has 7 heteroatoms. The molecule has 0 saturated carbocycles. The SMILES string of the molecule is CCc1c(-c2cc(F)cc3c2ccn3CC)cc(F)c2c1-n1c(C)nnc1C(C)(C)N2. The lowest BCUT2D eigenvalue weighted by atomic mass is 9.90. The van der Waals surface area contributed by atoms with E-state index in [1.807, 2.05) is 56.0 Å². The van der Waals surface area contributed by atoms with Crippen LogP contribution in [0.5, 0.6) is 0 Å². The smallest absolute Gasteiger partial charge is 0.162 e. The van der Waals surface area contributed by atoms with Crippen LogP contribution in [0.1, 0.15) is 44.9 Å². The van der Waals surface area contributed by atoms with Crippen LogP contribution in [0.2, 0.25) is 0 Å². The molecular formula is C24H25F2N5. The van der Waals surface area contributed by atoms with E-state index in [1.165, 1.54) is 18.2 Å². The maximum atomic E-state index is 15.6. The van der Waals surface area contributed by atoms with Gasteiger partial charge in [-0.25, -0.2) is 8.78 Å². The van der Waals surface area contributed by atoms with Gasteiger partial charge in [-0.1, -0.05) is 6.92 Å². The summed E-state index contributed by atoms with van der Waals surface area (Å²) in [6.45, 7) is 10.6. The van der Waals surface area contributed by atoms with Gasteiger partial charge in [0.05, 0.1) is 22.4 Å². The third-order valence-corrected chi connectivity index (χ3v) is 6.24. The summed E-state index contributed by atoms with van der Waals surface area (Å²) in [5, 5.41) is 12.8. The number of rotatable bonds is 3. The van der Waals surface area contributed by atoms with Gasteiger partial charge in [0.2, 0.25) is 0 Å². The lowest BCUT2D eigenvalue weighted by Crippen LogP contribution is -2.37. The fourth-order valence-electron chi connectivity index (χ4n) is 4.80. The van der Waals surface area contributed by atoms with E-state index >= 15 is 4.39 Å². The van der Waals surface area contributed by atoms with Crippen LogP contribution in [0.15, 0.2) is 30.5 Å². The number of hydrogen-bond acceptors (Lipinski definition) is 3. The first-order valence-electron chi connectivity index (χ1n) is 10.6. The lowest BCUT2D eigenvalue weighted by molar-refractivity contribution is 0.521. The first kappa shape index (κ1) is 19.7. The standard InChI is InChI=1S/C24H25F2N5/c1-6-15-18(17-10-14(25)11-20-16(17)8-9-30(20)7-2)12-19(26)21-22(15)31-13(3)28-29-23(31)24(4,5)27-21/h8-12,27H,6-7H2,1-5H3. The van der Waals surface area contributed by atoms with Crippen molar-refractivity contribution in [3.63, 3.8) is 0 Å². The summed E-state index contributed by atoms with van der Waals surface area (Å²) >= 11 is 0. The highest BCUT2D eigenvalue weighted by Gasteiger charge is 2.37. The van der Waals surface area contributed by atoms with Crippen LogP contribution in [0.4, 0.5) is 14.5 Å². The third kappa shape index (κ3) is 2.72. The highest BCUT2D eigenvalue weighted by molar-refractivity contribution is 5.98. The first-order valence-corrected chi connectivity index (χ1v) is 10.6. The van der Waals surface area contributed by atoms with Crippen molar-refractivity contribution in [3.05, 3.63) is 59.3 Å². The van der Waals surface area contributed by atoms with Crippen LogP contribution in [-0.2, 0) is 18.5 Å². The molecule has 0 amide bonds. The van der Waals surface area contributed by atoms with E-state index in [1.54, 1.807) is 0 Å². The quantitative estimate of drug-likeness (QED) is 0.460. The molecule has 4 aromatic rings. The number of nitrogens with one attached hydrogen (secondary N) is 1. The van der Waals surface area contributed by atoms with Crippen molar-refractivity contribution in [2.75, 3.05) is 5.32 Å². The molecule has 1 aliphatic rings. The topological polar surface area (TPSA) is 47.7 Å². The van der Waals surface area contributed by atoms with Crippen LogP contribution in [-0.4, -0.2) is 19.3 Å². The molecule has 0 atom stereocenters. The molecule has 2 aromatic heterocycles. The molecule has 160 valence electrons. The van der Waals surface area contributed by atoms with Gasteiger partial charge in [-0.15, -0.1) is 10.2 Å². The largest absolute Gasteiger partial charge is 0.369 e. The minimum Gasteiger partial charge on any atom is -0.369 e. The van der Waals surface area contributed by atoms with Crippen LogP contribution in [0.25, 0.3) is 27.7 Å². The second-order valence-electron chi connectivity index (χ2n) is 8.61. The molecule has 0 radical (unpaired) electrons. The minimum absolute atomic E-state index is 0.337. The van der Waals surface area contributed by atoms with Gasteiger partial charge in [0.15, 0.2) is 5.82 Å². The summed E-state index contributed by atoms with van der Waals surface area (Å²) in [5.41, 5.74) is 3.68. The summed E-state index contributed by atoms with van der Waals surface area (Å²) in [4.78, 5) is 0. The van der Waals surface area contributed by atoms with Crippen molar-refractivity contribution in [3.8, 4) is 16.8 Å². The molecule has 0 spiro atoms. The number of halogens is 2. The second kappa shape index (κ2) is 6.64. The third-order valence-electron chi connectivity index (χ3n) is 6.24. The zero-order valence-electron chi connectivity index (χ0n) is 18.3. The van der Waals surface area contributed by atoms with Crippen molar-refractivity contribution < 1.29 is 8.78 Å². The van der Waals surface area contributed by atoms with Crippen LogP contribution in [0.3, 0.4) is 0 Å². The van der Waals surface area contributed by atoms with Gasteiger partial charge < -0.3 is 9.88 Å². The first-order chi connectivity index (χ1) is 14.8. The average Bonchev–Trinajstić information content (AvgIpc) is 3.32. The van der Waals surface area contributed by atoms with Gasteiger partial charge in [0.1, 0.15) is 17.5 Å². The molecule has 3 heterocycles. The minimum atomic E-state index is -0.577. The van der Waals surface area contributed by atoms with Gasteiger partial charge in [0, 0.05) is 18.1 Å². The number of fused-ring (bicyclic) bond motifs is 4. The maximum Gasteiger partial charge on any atom is 0.162 e. The molecule has 0 aliphatic carbocycles. The van der Waals surface area contributed by atoms with Gasteiger partial charge in [-0.3, -0.25) is 4.57 Å². The van der Waals surface area contributed by atoms with Crippen molar-refractivity contribution >= 4 is 16.6 Å². The Kier molecular flexibility index (Phi) is 4.22. The Balaban J connectivity index is 1.88. The Morgan fingerprint density at radius 1 is 1.06 bits per heavy atom. The Morgan fingerprint density at radius 2 is 1.84 bits per heavy atom. The van der Waals surface area contributed by atoms with Gasteiger partial charge in [-0.2, -0.15) is 0 Å². The van der Waals surface area contributed by atoms with Crippen molar-refractivity contribution in [1.29, 1.82) is 0 Å². The summed E-state index contributed by atoms with van der Waals surface area (Å²) in [5.74, 6) is 0.710. The fraction of sp³-hybridized carbons (Fsp3) is 0.333. The highest BCUT2D eigenvalue weighted by Crippen LogP contribution is 2.45. The molecule has 0 bridgehead atoms. The molecule has 0 unspecified atom stereocenters. The molecule has 0 fully saturated rings. The summed E-state index contributed by atoms with van der Waals surface area (Å²) in [6.07, 6.45) is 2.59. The van der Waals surface area contributed by atoms with Gasteiger partial charge in [0.25, 0.3) is 0 Å². The second-order valence-corrected chi connectivity index (χ2v) is 8.61. The monoisotopic (exact) mass is 421 g/mol. The van der Waals surface area contributed by atoms with E-state index in [-0.39, 0.29) is 11.6 Å².